The van der Waals surface area contributed by atoms with Crippen LogP contribution in [0.5, 0.6) is 0 Å². The van der Waals surface area contributed by atoms with Crippen molar-refractivity contribution in [3.63, 3.8) is 0 Å². The summed E-state index contributed by atoms with van der Waals surface area (Å²) in [6.07, 6.45) is 2.26. The Morgan fingerprint density at radius 1 is 1.00 bits per heavy atom. The maximum absolute atomic E-state index is 2.58. The lowest BCUT2D eigenvalue weighted by molar-refractivity contribution is 0.121. The number of likely N-dealkylation sites (N-methyl/N-ethyl adjacent to an activating group) is 1. The van der Waals surface area contributed by atoms with Gasteiger partial charge in [-0.1, -0.05) is 48.5 Å². The molecule has 2 heterocycles. The van der Waals surface area contributed by atoms with Gasteiger partial charge < -0.3 is 0 Å². The Morgan fingerprint density at radius 3 is 2.45 bits per heavy atom. The molecule has 0 N–H and O–H groups in total. The Bertz CT molecular complexity index is 651. The average Bonchev–Trinajstić information content (AvgIpc) is 2.56. The van der Waals surface area contributed by atoms with Crippen LogP contribution in [0.25, 0.3) is 0 Å². The molecule has 4 rings (SSSR count). The highest BCUT2D eigenvalue weighted by Gasteiger charge is 2.46. The van der Waals surface area contributed by atoms with Crippen LogP contribution < -0.4 is 0 Å². The fourth-order valence-electron chi connectivity index (χ4n) is 4.00. The second-order valence-corrected chi connectivity index (χ2v) is 6.14. The molecule has 104 valence electrons. The number of fused-ring (bicyclic) bond motifs is 6. The van der Waals surface area contributed by atoms with Crippen LogP contribution in [0.15, 0.2) is 48.5 Å². The first-order valence-corrected chi connectivity index (χ1v) is 7.09. The number of nitrogens with zero attached hydrogens (tertiary/aromatic N) is 1. The van der Waals surface area contributed by atoms with Crippen molar-refractivity contribution in [2.24, 2.45) is 0 Å². The Kier molecular flexibility index (Phi) is 3.15. The summed E-state index contributed by atoms with van der Waals surface area (Å²) in [4.78, 5) is 2.58. The van der Waals surface area contributed by atoms with Crippen molar-refractivity contribution < 1.29 is 0 Å². The quantitative estimate of drug-likeness (QED) is 0.704. The number of halogens is 1. The maximum atomic E-state index is 2.58. The lowest BCUT2D eigenvalue weighted by Crippen LogP contribution is -2.38. The smallest absolute Gasteiger partial charge is 0.0479 e. The molecular formula is C18H20ClN. The van der Waals surface area contributed by atoms with Crippen LogP contribution in [-0.2, 0) is 18.4 Å². The predicted octanol–water partition coefficient (Wildman–Crippen LogP) is 4.11. The molecular weight excluding hydrogens is 266 g/mol. The molecule has 2 aromatic carbocycles. The second-order valence-electron chi connectivity index (χ2n) is 6.14. The van der Waals surface area contributed by atoms with E-state index < -0.39 is 0 Å². The zero-order valence-electron chi connectivity index (χ0n) is 12.0. The molecule has 2 atom stereocenters. The Balaban J connectivity index is 0.00000121. The number of benzene rings is 2. The molecule has 0 spiro atoms. The Labute approximate surface area is 127 Å². The normalized spacial score (nSPS) is 27.2. The minimum atomic E-state index is 0. The fourth-order valence-corrected chi connectivity index (χ4v) is 4.00. The summed E-state index contributed by atoms with van der Waals surface area (Å²) in [5, 5.41) is 0. The third-order valence-corrected chi connectivity index (χ3v) is 5.21. The predicted molar refractivity (Wildman–Crippen MR) is 85.4 cm³/mol. The van der Waals surface area contributed by atoms with Gasteiger partial charge in [-0.3, -0.25) is 4.90 Å². The van der Waals surface area contributed by atoms with Crippen LogP contribution in [0.3, 0.4) is 0 Å². The second kappa shape index (κ2) is 4.61. The van der Waals surface area contributed by atoms with E-state index in [4.69, 9.17) is 0 Å². The topological polar surface area (TPSA) is 3.24 Å². The van der Waals surface area contributed by atoms with Crippen LogP contribution in [0.2, 0.25) is 0 Å². The van der Waals surface area contributed by atoms with E-state index in [9.17, 15) is 0 Å². The van der Waals surface area contributed by atoms with Crippen LogP contribution in [0, 0.1) is 0 Å². The zero-order valence-corrected chi connectivity index (χ0v) is 12.8. The fraction of sp³-hybridized carbons (Fsp3) is 0.333. The van der Waals surface area contributed by atoms with Crippen molar-refractivity contribution in [1.82, 2.24) is 4.90 Å². The molecule has 2 aliphatic rings. The molecule has 0 amide bonds. The molecule has 1 nitrogen and oxygen atoms in total. The van der Waals surface area contributed by atoms with Gasteiger partial charge in [0.1, 0.15) is 0 Å². The van der Waals surface area contributed by atoms with Crippen molar-refractivity contribution in [1.29, 1.82) is 0 Å². The van der Waals surface area contributed by atoms with Crippen LogP contribution in [-0.4, -0.2) is 11.9 Å². The van der Waals surface area contributed by atoms with Gasteiger partial charge in [-0.25, -0.2) is 0 Å². The maximum Gasteiger partial charge on any atom is 0.0479 e. The van der Waals surface area contributed by atoms with E-state index in [1.807, 2.05) is 0 Å². The summed E-state index contributed by atoms with van der Waals surface area (Å²) in [5.74, 6) is 0. The molecule has 0 fully saturated rings. The van der Waals surface area contributed by atoms with E-state index in [0.29, 0.717) is 6.04 Å². The average molecular weight is 286 g/mol. The van der Waals surface area contributed by atoms with E-state index in [0.717, 1.165) is 12.8 Å². The summed E-state index contributed by atoms with van der Waals surface area (Å²) >= 11 is 0. The first-order valence-electron chi connectivity index (χ1n) is 7.09. The molecule has 2 unspecified atom stereocenters. The Hall–Kier alpha value is -1.31. The minimum Gasteiger partial charge on any atom is -0.289 e. The van der Waals surface area contributed by atoms with Gasteiger partial charge in [-0.15, -0.1) is 12.4 Å². The third-order valence-electron chi connectivity index (χ3n) is 5.21. The molecule has 2 aliphatic heterocycles. The van der Waals surface area contributed by atoms with Crippen molar-refractivity contribution in [3.05, 3.63) is 70.8 Å². The largest absolute Gasteiger partial charge is 0.289 e. The van der Waals surface area contributed by atoms with Crippen molar-refractivity contribution in [2.75, 3.05) is 7.05 Å². The van der Waals surface area contributed by atoms with Gasteiger partial charge >= 0.3 is 0 Å². The van der Waals surface area contributed by atoms with Crippen molar-refractivity contribution >= 4 is 12.4 Å². The van der Waals surface area contributed by atoms with E-state index in [1.54, 1.807) is 0 Å². The molecule has 0 aromatic heterocycles. The Morgan fingerprint density at radius 2 is 1.65 bits per heavy atom. The lowest BCUT2D eigenvalue weighted by Gasteiger charge is -2.34. The summed E-state index contributed by atoms with van der Waals surface area (Å²) < 4.78 is 0. The number of hydrogen-bond donors (Lipinski definition) is 0. The highest BCUT2D eigenvalue weighted by atomic mass is 35.5. The summed E-state index contributed by atoms with van der Waals surface area (Å²) in [7, 11) is 2.29. The van der Waals surface area contributed by atoms with Gasteiger partial charge in [-0.05, 0) is 49.1 Å². The van der Waals surface area contributed by atoms with Crippen LogP contribution in [0.4, 0.5) is 0 Å². The molecule has 0 radical (unpaired) electrons. The first-order chi connectivity index (χ1) is 9.20. The van der Waals surface area contributed by atoms with E-state index in [-0.39, 0.29) is 17.9 Å². The third kappa shape index (κ3) is 1.66. The molecule has 20 heavy (non-hydrogen) atoms. The standard InChI is InChI=1S/C18H19N.ClH/c1-18-12-14-8-4-3-7-13(14)11-17(19(18)2)15-9-5-6-10-16(15)18;/h3-10,17H,11-12H2,1-2H3;1H. The zero-order chi connectivity index (χ0) is 13.0. The molecule has 0 aliphatic carbocycles. The number of hydrogen-bond acceptors (Lipinski definition) is 1. The molecule has 2 bridgehead atoms. The van der Waals surface area contributed by atoms with Gasteiger partial charge in [0.25, 0.3) is 0 Å². The number of rotatable bonds is 0. The highest BCUT2D eigenvalue weighted by molar-refractivity contribution is 5.85. The van der Waals surface area contributed by atoms with Crippen LogP contribution >= 0.6 is 12.4 Å². The van der Waals surface area contributed by atoms with Crippen LogP contribution in [0.1, 0.15) is 35.2 Å². The monoisotopic (exact) mass is 285 g/mol. The summed E-state index contributed by atoms with van der Waals surface area (Å²) in [6.45, 7) is 2.40. The molecule has 2 heteroatoms. The molecule has 2 aromatic rings. The summed E-state index contributed by atoms with van der Waals surface area (Å²) in [6, 6.07) is 18.5. The van der Waals surface area contributed by atoms with Crippen molar-refractivity contribution in [2.45, 2.75) is 31.3 Å². The van der Waals surface area contributed by atoms with Crippen molar-refractivity contribution in [3.8, 4) is 0 Å². The van der Waals surface area contributed by atoms with E-state index >= 15 is 0 Å². The van der Waals surface area contributed by atoms with Gasteiger partial charge in [0, 0.05) is 11.6 Å². The van der Waals surface area contributed by atoms with Gasteiger partial charge in [0.15, 0.2) is 0 Å². The highest BCUT2D eigenvalue weighted by Crippen LogP contribution is 2.50. The van der Waals surface area contributed by atoms with E-state index in [2.05, 4.69) is 67.4 Å². The molecule has 0 saturated heterocycles. The lowest BCUT2D eigenvalue weighted by atomic mass is 9.82. The minimum absolute atomic E-state index is 0. The first kappa shape index (κ1) is 13.7. The van der Waals surface area contributed by atoms with Gasteiger partial charge in [0.2, 0.25) is 0 Å². The molecule has 0 saturated carbocycles. The SMILES string of the molecule is CN1C2Cc3ccccc3CC1(C)c1ccccc12.Cl. The summed E-state index contributed by atoms with van der Waals surface area (Å²) in [5.41, 5.74) is 6.25. The van der Waals surface area contributed by atoms with Gasteiger partial charge in [0.05, 0.1) is 0 Å². The van der Waals surface area contributed by atoms with E-state index in [1.165, 1.54) is 22.3 Å². The van der Waals surface area contributed by atoms with Gasteiger partial charge in [-0.2, -0.15) is 0 Å².